The Hall–Kier alpha value is -1.55. The highest BCUT2D eigenvalue weighted by Gasteiger charge is 2.65. The fourth-order valence-electron chi connectivity index (χ4n) is 5.78. The predicted octanol–water partition coefficient (Wildman–Crippen LogP) is 1.05. The van der Waals surface area contributed by atoms with E-state index in [1.54, 1.807) is 29.7 Å². The molecule has 4 heterocycles. The Morgan fingerprint density at radius 2 is 1.93 bits per heavy atom. The fourth-order valence-corrected chi connectivity index (χ4v) is 7.19. The molecular weight excluding hydrogens is 404 g/mol. The Morgan fingerprint density at radius 3 is 2.53 bits per heavy atom. The summed E-state index contributed by atoms with van der Waals surface area (Å²) in [5, 5.41) is 0. The van der Waals surface area contributed by atoms with Crippen LogP contribution in [-0.4, -0.2) is 92.9 Å². The van der Waals surface area contributed by atoms with Gasteiger partial charge in [-0.15, -0.1) is 0 Å². The lowest BCUT2D eigenvalue weighted by Crippen LogP contribution is -2.53. The van der Waals surface area contributed by atoms with E-state index in [9.17, 15) is 13.2 Å². The van der Waals surface area contributed by atoms with Crippen molar-refractivity contribution in [2.24, 2.45) is 10.8 Å². The second kappa shape index (κ2) is 8.18. The van der Waals surface area contributed by atoms with E-state index in [0.29, 0.717) is 32.5 Å². The zero-order chi connectivity index (χ0) is 21.4. The summed E-state index contributed by atoms with van der Waals surface area (Å²) in [5.41, 5.74) is -0.580. The number of likely N-dealkylation sites (tertiary alicyclic amines) is 2. The van der Waals surface area contributed by atoms with Crippen LogP contribution in [0.3, 0.4) is 0 Å². The van der Waals surface area contributed by atoms with E-state index in [0.717, 1.165) is 39.1 Å². The molecule has 9 heteroatoms. The number of hydrogen-bond donors (Lipinski definition) is 0. The van der Waals surface area contributed by atoms with Gasteiger partial charge in [-0.1, -0.05) is 0 Å². The van der Waals surface area contributed by atoms with Gasteiger partial charge < -0.3 is 9.64 Å². The molecule has 0 bridgehead atoms. The van der Waals surface area contributed by atoms with Crippen molar-refractivity contribution < 1.29 is 17.9 Å². The van der Waals surface area contributed by atoms with E-state index in [2.05, 4.69) is 9.88 Å². The zero-order valence-corrected chi connectivity index (χ0v) is 18.7. The van der Waals surface area contributed by atoms with Crippen LogP contribution in [-0.2, 0) is 19.6 Å². The number of carbonyl (C=O) groups is 1. The van der Waals surface area contributed by atoms with Crippen LogP contribution in [0, 0.1) is 10.8 Å². The number of hydrogen-bond acceptors (Lipinski definition) is 6. The van der Waals surface area contributed by atoms with Crippen LogP contribution in [0.4, 0.5) is 0 Å². The number of ether oxygens (including phenoxy) is 1. The molecule has 1 aromatic heterocycles. The Balaban J connectivity index is 1.57. The predicted molar refractivity (Wildman–Crippen MR) is 112 cm³/mol. The molecule has 0 N–H and O–H groups in total. The SMILES string of the molecule is CCN1CC[C@]2(CN(CCOC)CC23CCN(S(=O)(=O)c2cccnc2)CC3)C1=O. The van der Waals surface area contributed by atoms with E-state index in [1.165, 1.54) is 6.20 Å². The van der Waals surface area contributed by atoms with Crippen molar-refractivity contribution in [3.05, 3.63) is 24.5 Å². The standard InChI is InChI=1S/C21H32N4O4S/c1-3-24-10-8-21(19(24)26)17-23(13-14-29-2)16-20(21)6-11-25(12-7-20)30(27,28)18-5-4-9-22-15-18/h4-5,9,15H,3,6-8,10-14,16-17H2,1-2H3/t21-/m0/s1. The third-order valence-electron chi connectivity index (χ3n) is 7.49. The molecule has 0 aliphatic carbocycles. The highest BCUT2D eigenvalue weighted by atomic mass is 32.2. The number of carbonyl (C=O) groups excluding carboxylic acids is 1. The molecule has 8 nitrogen and oxygen atoms in total. The van der Waals surface area contributed by atoms with Crippen molar-refractivity contribution in [3.8, 4) is 0 Å². The molecule has 1 atom stereocenters. The summed E-state index contributed by atoms with van der Waals surface area (Å²) in [6, 6.07) is 3.24. The highest BCUT2D eigenvalue weighted by molar-refractivity contribution is 7.89. The number of fused-ring (bicyclic) bond motifs is 1. The largest absolute Gasteiger partial charge is 0.383 e. The Bertz CT molecular complexity index is 870. The van der Waals surface area contributed by atoms with Gasteiger partial charge in [0.15, 0.2) is 0 Å². The summed E-state index contributed by atoms with van der Waals surface area (Å²) in [4.78, 5) is 22.0. The number of amides is 1. The second-order valence-electron chi connectivity index (χ2n) is 8.79. The molecule has 3 aliphatic rings. The van der Waals surface area contributed by atoms with Crippen molar-refractivity contribution in [3.63, 3.8) is 0 Å². The lowest BCUT2D eigenvalue weighted by molar-refractivity contribution is -0.141. The number of nitrogens with zero attached hydrogens (tertiary/aromatic N) is 4. The van der Waals surface area contributed by atoms with Crippen LogP contribution in [0.5, 0.6) is 0 Å². The van der Waals surface area contributed by atoms with E-state index in [1.807, 2.05) is 11.8 Å². The molecule has 3 aliphatic heterocycles. The van der Waals surface area contributed by atoms with E-state index in [4.69, 9.17) is 4.74 Å². The zero-order valence-electron chi connectivity index (χ0n) is 17.9. The van der Waals surface area contributed by atoms with Crippen molar-refractivity contribution in [2.75, 3.05) is 59.5 Å². The first-order chi connectivity index (χ1) is 14.4. The van der Waals surface area contributed by atoms with E-state index in [-0.39, 0.29) is 16.2 Å². The molecule has 1 aromatic rings. The summed E-state index contributed by atoms with van der Waals surface area (Å²) in [6.45, 7) is 7.47. The minimum Gasteiger partial charge on any atom is -0.383 e. The van der Waals surface area contributed by atoms with Gasteiger partial charge >= 0.3 is 0 Å². The quantitative estimate of drug-likeness (QED) is 0.663. The minimum atomic E-state index is -3.56. The van der Waals surface area contributed by atoms with Crippen molar-refractivity contribution in [1.29, 1.82) is 0 Å². The molecule has 30 heavy (non-hydrogen) atoms. The fraction of sp³-hybridized carbons (Fsp3) is 0.714. The number of sulfonamides is 1. The maximum atomic E-state index is 13.5. The van der Waals surface area contributed by atoms with Gasteiger partial charge in [-0.3, -0.25) is 14.7 Å². The van der Waals surface area contributed by atoms with Gasteiger partial charge in [-0.25, -0.2) is 8.42 Å². The summed E-state index contributed by atoms with van der Waals surface area (Å²) >= 11 is 0. The third kappa shape index (κ3) is 3.36. The van der Waals surface area contributed by atoms with Crippen LogP contribution in [0.25, 0.3) is 0 Å². The third-order valence-corrected chi connectivity index (χ3v) is 9.37. The second-order valence-corrected chi connectivity index (χ2v) is 10.7. The van der Waals surface area contributed by atoms with Gasteiger partial charge in [0, 0.05) is 70.7 Å². The maximum Gasteiger partial charge on any atom is 0.244 e. The average molecular weight is 437 g/mol. The normalized spacial score (nSPS) is 27.5. The molecule has 0 aromatic carbocycles. The topological polar surface area (TPSA) is 83.1 Å². The van der Waals surface area contributed by atoms with Crippen molar-refractivity contribution >= 4 is 15.9 Å². The van der Waals surface area contributed by atoms with Gasteiger partial charge in [-0.2, -0.15) is 4.31 Å². The van der Waals surface area contributed by atoms with E-state index < -0.39 is 15.4 Å². The maximum absolute atomic E-state index is 13.5. The number of methoxy groups -OCH3 is 1. The Morgan fingerprint density at radius 1 is 1.17 bits per heavy atom. The van der Waals surface area contributed by atoms with Crippen LogP contribution in [0.1, 0.15) is 26.2 Å². The Labute approximate surface area is 179 Å². The molecule has 3 saturated heterocycles. The molecule has 0 unspecified atom stereocenters. The summed E-state index contributed by atoms with van der Waals surface area (Å²) < 4.78 is 33.0. The van der Waals surface area contributed by atoms with Gasteiger partial charge in [0.2, 0.25) is 15.9 Å². The first kappa shape index (κ1) is 21.7. The first-order valence-electron chi connectivity index (χ1n) is 10.8. The van der Waals surface area contributed by atoms with Crippen LogP contribution in [0.15, 0.2) is 29.4 Å². The van der Waals surface area contributed by atoms with E-state index >= 15 is 0 Å². The van der Waals surface area contributed by atoms with Gasteiger partial charge in [-0.05, 0) is 38.3 Å². The molecule has 166 valence electrons. The van der Waals surface area contributed by atoms with Crippen molar-refractivity contribution in [1.82, 2.24) is 19.1 Å². The molecule has 0 radical (unpaired) electrons. The number of aromatic nitrogens is 1. The number of rotatable bonds is 6. The lowest BCUT2D eigenvalue weighted by Gasteiger charge is -2.46. The summed E-state index contributed by atoms with van der Waals surface area (Å²) in [7, 11) is -1.86. The number of piperidine rings is 1. The van der Waals surface area contributed by atoms with Gasteiger partial charge in [0.05, 0.1) is 12.0 Å². The lowest BCUT2D eigenvalue weighted by atomic mass is 9.60. The molecule has 0 saturated carbocycles. The summed E-state index contributed by atoms with van der Waals surface area (Å²) in [5.74, 6) is 0.258. The van der Waals surface area contributed by atoms with Crippen molar-refractivity contribution in [2.45, 2.75) is 31.1 Å². The van der Waals surface area contributed by atoms with Crippen LogP contribution >= 0.6 is 0 Å². The minimum absolute atomic E-state index is 0.178. The Kier molecular flexibility index (Phi) is 5.91. The number of pyridine rings is 1. The average Bonchev–Trinajstić information content (AvgIpc) is 3.25. The smallest absolute Gasteiger partial charge is 0.244 e. The van der Waals surface area contributed by atoms with Gasteiger partial charge in [0.1, 0.15) is 4.90 Å². The molecule has 2 spiro atoms. The molecule has 4 rings (SSSR count). The molecule has 1 amide bonds. The van der Waals surface area contributed by atoms with Gasteiger partial charge in [0.25, 0.3) is 0 Å². The molecular formula is C21H32N4O4S. The monoisotopic (exact) mass is 436 g/mol. The van der Waals surface area contributed by atoms with Crippen LogP contribution in [0.2, 0.25) is 0 Å². The van der Waals surface area contributed by atoms with Crippen LogP contribution < -0.4 is 0 Å². The summed E-state index contributed by atoms with van der Waals surface area (Å²) in [6.07, 6.45) is 5.26. The molecule has 3 fully saturated rings. The first-order valence-corrected chi connectivity index (χ1v) is 12.2. The highest BCUT2D eigenvalue weighted by Crippen LogP contribution is 2.58.